The molecule has 0 spiro atoms. The second-order valence-corrected chi connectivity index (χ2v) is 10.4. The van der Waals surface area contributed by atoms with E-state index in [2.05, 4.69) is 0 Å². The van der Waals surface area contributed by atoms with Crippen molar-refractivity contribution in [3.05, 3.63) is 65.0 Å². The topological polar surface area (TPSA) is 18.5 Å². The second kappa shape index (κ2) is 11.9. The summed E-state index contributed by atoms with van der Waals surface area (Å²) in [6, 6.07) is 7.46. The molecule has 0 atom stereocenters. The van der Waals surface area contributed by atoms with Gasteiger partial charge in [-0.15, -0.1) is 0 Å². The highest BCUT2D eigenvalue weighted by Crippen LogP contribution is 2.43. The summed E-state index contributed by atoms with van der Waals surface area (Å²) in [4.78, 5) is 0. The Bertz CT molecular complexity index is 995. The highest BCUT2D eigenvalue weighted by Gasteiger charge is 2.40. The SMILES string of the molecule is CCCc1ccc(C(F)(F)OC2CCC(C3CCC(COc4ccc(F)c(F)c4)CC3)CC2)c(F)c1. The van der Waals surface area contributed by atoms with Crippen LogP contribution in [0.2, 0.25) is 0 Å². The maximum absolute atomic E-state index is 14.7. The van der Waals surface area contributed by atoms with Gasteiger partial charge < -0.3 is 9.47 Å². The van der Waals surface area contributed by atoms with Crippen LogP contribution in [0.25, 0.3) is 0 Å². The molecule has 198 valence electrons. The Morgan fingerprint density at radius 3 is 2.06 bits per heavy atom. The molecule has 7 heteroatoms. The minimum absolute atomic E-state index is 0.336. The monoisotopic (exact) mass is 510 g/mol. The number of halogens is 5. The largest absolute Gasteiger partial charge is 0.493 e. The molecular weight excluding hydrogens is 475 g/mol. The Hall–Kier alpha value is -2.15. The molecule has 0 saturated heterocycles. The van der Waals surface area contributed by atoms with Crippen molar-refractivity contribution in [3.63, 3.8) is 0 Å². The van der Waals surface area contributed by atoms with Crippen LogP contribution < -0.4 is 4.74 Å². The Balaban J connectivity index is 1.20. The van der Waals surface area contributed by atoms with Gasteiger partial charge >= 0.3 is 6.11 Å². The Kier molecular flexibility index (Phi) is 8.91. The number of aryl methyl sites for hydroxylation is 1. The molecule has 0 bridgehead atoms. The lowest BCUT2D eigenvalue weighted by atomic mass is 9.70. The first kappa shape index (κ1) is 26.9. The molecule has 0 radical (unpaired) electrons. The van der Waals surface area contributed by atoms with E-state index in [1.54, 1.807) is 6.07 Å². The molecule has 2 nitrogen and oxygen atoms in total. The third kappa shape index (κ3) is 6.78. The number of alkyl halides is 2. The number of ether oxygens (including phenoxy) is 2. The summed E-state index contributed by atoms with van der Waals surface area (Å²) in [5.41, 5.74) is 0.0223. The van der Waals surface area contributed by atoms with Crippen molar-refractivity contribution in [1.82, 2.24) is 0 Å². The van der Waals surface area contributed by atoms with E-state index in [1.807, 2.05) is 6.92 Å². The van der Waals surface area contributed by atoms with Crippen LogP contribution in [0.15, 0.2) is 36.4 Å². The van der Waals surface area contributed by atoms with Crippen molar-refractivity contribution in [2.24, 2.45) is 17.8 Å². The van der Waals surface area contributed by atoms with Gasteiger partial charge in [-0.2, -0.15) is 8.78 Å². The van der Waals surface area contributed by atoms with E-state index in [0.29, 0.717) is 54.9 Å². The van der Waals surface area contributed by atoms with Crippen molar-refractivity contribution in [2.45, 2.75) is 83.3 Å². The molecular formula is C29H35F5O2. The van der Waals surface area contributed by atoms with Gasteiger partial charge in [-0.3, -0.25) is 0 Å². The molecule has 2 aliphatic carbocycles. The van der Waals surface area contributed by atoms with E-state index in [9.17, 15) is 22.0 Å². The van der Waals surface area contributed by atoms with E-state index < -0.39 is 35.2 Å². The van der Waals surface area contributed by atoms with E-state index in [4.69, 9.17) is 9.47 Å². The molecule has 2 saturated carbocycles. The van der Waals surface area contributed by atoms with Crippen LogP contribution in [0.1, 0.15) is 75.8 Å². The zero-order valence-electron chi connectivity index (χ0n) is 20.8. The van der Waals surface area contributed by atoms with Crippen molar-refractivity contribution in [1.29, 1.82) is 0 Å². The predicted molar refractivity (Wildman–Crippen MR) is 128 cm³/mol. The maximum atomic E-state index is 14.7. The zero-order chi connectivity index (χ0) is 25.7. The molecule has 0 heterocycles. The molecule has 2 fully saturated rings. The first-order chi connectivity index (χ1) is 17.2. The summed E-state index contributed by atoms with van der Waals surface area (Å²) in [5.74, 6) is -0.978. The summed E-state index contributed by atoms with van der Waals surface area (Å²) in [6.45, 7) is 2.43. The summed E-state index contributed by atoms with van der Waals surface area (Å²) in [5, 5.41) is 0. The van der Waals surface area contributed by atoms with Crippen LogP contribution in [0.4, 0.5) is 22.0 Å². The Labute approximate surface area is 210 Å². The summed E-state index contributed by atoms with van der Waals surface area (Å²) in [6.07, 6.45) is 4.11. The zero-order valence-corrected chi connectivity index (χ0v) is 20.8. The van der Waals surface area contributed by atoms with Gasteiger partial charge in [-0.25, -0.2) is 13.2 Å². The molecule has 2 aromatic rings. The molecule has 0 amide bonds. The molecule has 0 unspecified atom stereocenters. The number of hydrogen-bond acceptors (Lipinski definition) is 2. The van der Waals surface area contributed by atoms with Crippen molar-refractivity contribution >= 4 is 0 Å². The number of benzene rings is 2. The van der Waals surface area contributed by atoms with E-state index in [0.717, 1.165) is 63.1 Å². The minimum Gasteiger partial charge on any atom is -0.493 e. The van der Waals surface area contributed by atoms with Crippen LogP contribution in [-0.4, -0.2) is 12.7 Å². The fraction of sp³-hybridized carbons (Fsp3) is 0.586. The average molecular weight is 511 g/mol. The van der Waals surface area contributed by atoms with Crippen LogP contribution in [0, 0.1) is 35.2 Å². The van der Waals surface area contributed by atoms with Gasteiger partial charge in [-0.1, -0.05) is 19.4 Å². The van der Waals surface area contributed by atoms with Crippen molar-refractivity contribution in [3.8, 4) is 5.75 Å². The average Bonchev–Trinajstić information content (AvgIpc) is 2.85. The molecule has 0 aliphatic heterocycles. The van der Waals surface area contributed by atoms with Crippen molar-refractivity contribution < 1.29 is 31.4 Å². The van der Waals surface area contributed by atoms with Crippen molar-refractivity contribution in [2.75, 3.05) is 6.61 Å². The molecule has 0 N–H and O–H groups in total. The molecule has 36 heavy (non-hydrogen) atoms. The van der Waals surface area contributed by atoms with E-state index >= 15 is 0 Å². The predicted octanol–water partition coefficient (Wildman–Crippen LogP) is 8.57. The standard InChI is InChI=1S/C29H35F5O2/c1-2-3-19-6-14-25(27(31)16-19)29(33,34)36-23-11-9-22(10-12-23)21-7-4-20(5-8-21)18-35-24-13-15-26(30)28(32)17-24/h6,13-17,20-23H,2-5,7-12,18H2,1H3. The molecule has 2 aliphatic rings. The first-order valence-corrected chi connectivity index (χ1v) is 13.2. The second-order valence-electron chi connectivity index (χ2n) is 10.4. The third-order valence-corrected chi connectivity index (χ3v) is 7.85. The van der Waals surface area contributed by atoms with Crippen LogP contribution in [0.5, 0.6) is 5.75 Å². The fourth-order valence-electron chi connectivity index (χ4n) is 5.80. The van der Waals surface area contributed by atoms with Crippen LogP contribution in [-0.2, 0) is 17.3 Å². The number of rotatable bonds is 9. The van der Waals surface area contributed by atoms with Gasteiger partial charge in [0, 0.05) is 6.07 Å². The maximum Gasteiger partial charge on any atom is 0.386 e. The van der Waals surface area contributed by atoms with Gasteiger partial charge in [0.2, 0.25) is 0 Å². The number of hydrogen-bond donors (Lipinski definition) is 0. The Morgan fingerprint density at radius 2 is 1.44 bits per heavy atom. The van der Waals surface area contributed by atoms with Gasteiger partial charge in [0.15, 0.2) is 11.6 Å². The highest BCUT2D eigenvalue weighted by molar-refractivity contribution is 5.27. The quantitative estimate of drug-likeness (QED) is 0.315. The molecule has 2 aromatic carbocycles. The van der Waals surface area contributed by atoms with E-state index in [1.165, 1.54) is 12.1 Å². The normalized spacial score (nSPS) is 25.1. The van der Waals surface area contributed by atoms with Crippen LogP contribution in [0.3, 0.4) is 0 Å². The fourth-order valence-corrected chi connectivity index (χ4v) is 5.80. The van der Waals surface area contributed by atoms with Gasteiger partial charge in [-0.05, 0) is 105 Å². The summed E-state index contributed by atoms with van der Waals surface area (Å²) >= 11 is 0. The van der Waals surface area contributed by atoms with Gasteiger partial charge in [0.1, 0.15) is 11.6 Å². The lowest BCUT2D eigenvalue weighted by Gasteiger charge is -2.38. The lowest BCUT2D eigenvalue weighted by molar-refractivity contribution is -0.279. The third-order valence-electron chi connectivity index (χ3n) is 7.85. The smallest absolute Gasteiger partial charge is 0.386 e. The van der Waals surface area contributed by atoms with Crippen LogP contribution >= 0.6 is 0 Å². The molecule has 4 rings (SSSR count). The van der Waals surface area contributed by atoms with E-state index in [-0.39, 0.29) is 0 Å². The summed E-state index contributed by atoms with van der Waals surface area (Å²) in [7, 11) is 0. The van der Waals surface area contributed by atoms with Gasteiger partial charge in [0.05, 0.1) is 18.3 Å². The Morgan fingerprint density at radius 1 is 0.778 bits per heavy atom. The summed E-state index contributed by atoms with van der Waals surface area (Å²) < 4.78 is 81.0. The van der Waals surface area contributed by atoms with Gasteiger partial charge in [0.25, 0.3) is 0 Å². The highest BCUT2D eigenvalue weighted by atomic mass is 19.3. The molecule has 0 aromatic heterocycles. The first-order valence-electron chi connectivity index (χ1n) is 13.2. The lowest BCUT2D eigenvalue weighted by Crippen LogP contribution is -2.33. The minimum atomic E-state index is -3.64.